The van der Waals surface area contributed by atoms with E-state index in [1.165, 1.54) is 12.8 Å². The van der Waals surface area contributed by atoms with Gasteiger partial charge in [-0.15, -0.1) is 0 Å². The summed E-state index contributed by atoms with van der Waals surface area (Å²) in [6.45, 7) is 2.76. The molecule has 0 aliphatic heterocycles. The second-order valence-electron chi connectivity index (χ2n) is 3.82. The molecule has 2 rings (SSSR count). The van der Waals surface area contributed by atoms with Crippen LogP contribution in [0.1, 0.15) is 18.4 Å². The molecule has 0 atom stereocenters. The fourth-order valence-electron chi connectivity index (χ4n) is 1.30. The number of aromatic nitrogens is 2. The molecule has 4 heteroatoms. The van der Waals surface area contributed by atoms with Crippen molar-refractivity contribution in [3.05, 3.63) is 29.2 Å². The lowest BCUT2D eigenvalue weighted by Gasteiger charge is -2.05. The van der Waals surface area contributed by atoms with Crippen molar-refractivity contribution >= 4 is 17.4 Å². The van der Waals surface area contributed by atoms with Crippen LogP contribution in [0.3, 0.4) is 0 Å². The number of hydrogen-bond acceptors (Lipinski definition) is 3. The number of halogens is 1. The second-order valence-corrected chi connectivity index (χ2v) is 4.16. The SMILES string of the molecule is Cc1cnc(Cl)nc1NC/C=C/C1CC1. The van der Waals surface area contributed by atoms with Gasteiger partial charge in [0.15, 0.2) is 0 Å². The van der Waals surface area contributed by atoms with Crippen LogP contribution < -0.4 is 5.32 Å². The summed E-state index contributed by atoms with van der Waals surface area (Å²) in [5.74, 6) is 1.64. The Labute approximate surface area is 94.6 Å². The van der Waals surface area contributed by atoms with E-state index < -0.39 is 0 Å². The Kier molecular flexibility index (Phi) is 3.21. The Balaban J connectivity index is 1.88. The Bertz CT molecular complexity index is 372. The molecule has 1 saturated carbocycles. The maximum absolute atomic E-state index is 5.71. The Morgan fingerprint density at radius 2 is 2.40 bits per heavy atom. The van der Waals surface area contributed by atoms with Crippen LogP contribution in [-0.4, -0.2) is 16.5 Å². The van der Waals surface area contributed by atoms with Gasteiger partial charge in [-0.3, -0.25) is 0 Å². The van der Waals surface area contributed by atoms with E-state index in [0.29, 0.717) is 0 Å². The van der Waals surface area contributed by atoms with E-state index in [1.54, 1.807) is 6.20 Å². The van der Waals surface area contributed by atoms with Crippen LogP contribution in [0.4, 0.5) is 5.82 Å². The zero-order valence-electron chi connectivity index (χ0n) is 8.70. The van der Waals surface area contributed by atoms with E-state index in [9.17, 15) is 0 Å². The first-order chi connectivity index (χ1) is 7.25. The number of anilines is 1. The standard InChI is InChI=1S/C11H14ClN3/c1-8-7-14-11(12)15-10(8)13-6-2-3-9-4-5-9/h2-3,7,9H,4-6H2,1H3,(H,13,14,15)/b3-2+. The van der Waals surface area contributed by atoms with Crippen molar-refractivity contribution in [1.82, 2.24) is 9.97 Å². The molecule has 1 heterocycles. The highest BCUT2D eigenvalue weighted by molar-refractivity contribution is 6.28. The fraction of sp³-hybridized carbons (Fsp3) is 0.455. The highest BCUT2D eigenvalue weighted by atomic mass is 35.5. The van der Waals surface area contributed by atoms with Crippen LogP contribution in [0.25, 0.3) is 0 Å². The molecule has 0 unspecified atom stereocenters. The van der Waals surface area contributed by atoms with Gasteiger partial charge < -0.3 is 5.32 Å². The predicted molar refractivity (Wildman–Crippen MR) is 62.1 cm³/mol. The molecule has 1 N–H and O–H groups in total. The molecule has 80 valence electrons. The number of nitrogens with one attached hydrogen (secondary N) is 1. The smallest absolute Gasteiger partial charge is 0.224 e. The fourth-order valence-corrected chi connectivity index (χ4v) is 1.44. The first-order valence-corrected chi connectivity index (χ1v) is 5.53. The van der Waals surface area contributed by atoms with Crippen molar-refractivity contribution in [1.29, 1.82) is 0 Å². The summed E-state index contributed by atoms with van der Waals surface area (Å²) in [6, 6.07) is 0. The minimum absolute atomic E-state index is 0.286. The molecule has 0 radical (unpaired) electrons. The molecule has 1 fully saturated rings. The van der Waals surface area contributed by atoms with Crippen molar-refractivity contribution in [2.24, 2.45) is 5.92 Å². The Hall–Kier alpha value is -1.09. The van der Waals surface area contributed by atoms with E-state index in [4.69, 9.17) is 11.6 Å². The molecular formula is C11H14ClN3. The van der Waals surface area contributed by atoms with Crippen LogP contribution in [0.5, 0.6) is 0 Å². The van der Waals surface area contributed by atoms with Gasteiger partial charge in [0, 0.05) is 18.3 Å². The van der Waals surface area contributed by atoms with Gasteiger partial charge in [-0.2, -0.15) is 0 Å². The minimum atomic E-state index is 0.286. The van der Waals surface area contributed by atoms with Crippen LogP contribution in [0, 0.1) is 12.8 Å². The van der Waals surface area contributed by atoms with E-state index in [-0.39, 0.29) is 5.28 Å². The summed E-state index contributed by atoms with van der Waals surface area (Å²) in [6.07, 6.45) is 8.81. The molecule has 0 aromatic carbocycles. The predicted octanol–water partition coefficient (Wildman–Crippen LogP) is 2.82. The summed E-state index contributed by atoms with van der Waals surface area (Å²) < 4.78 is 0. The number of nitrogens with zero attached hydrogens (tertiary/aromatic N) is 2. The van der Waals surface area contributed by atoms with Gasteiger partial charge in [-0.05, 0) is 37.3 Å². The third kappa shape index (κ3) is 3.20. The maximum atomic E-state index is 5.71. The van der Waals surface area contributed by atoms with Crippen LogP contribution in [0.15, 0.2) is 18.3 Å². The van der Waals surface area contributed by atoms with Crippen molar-refractivity contribution in [2.45, 2.75) is 19.8 Å². The lowest BCUT2D eigenvalue weighted by atomic mass is 10.3. The molecule has 0 bridgehead atoms. The quantitative estimate of drug-likeness (QED) is 0.630. The topological polar surface area (TPSA) is 37.8 Å². The van der Waals surface area contributed by atoms with Gasteiger partial charge in [0.25, 0.3) is 0 Å². The highest BCUT2D eigenvalue weighted by Gasteiger charge is 2.16. The van der Waals surface area contributed by atoms with E-state index >= 15 is 0 Å². The molecule has 1 aliphatic carbocycles. The van der Waals surface area contributed by atoms with Crippen LogP contribution >= 0.6 is 11.6 Å². The average Bonchev–Trinajstić information content (AvgIpc) is 3.01. The number of allylic oxidation sites excluding steroid dienone is 1. The molecule has 1 aliphatic rings. The Morgan fingerprint density at radius 3 is 3.13 bits per heavy atom. The number of aryl methyl sites for hydroxylation is 1. The second kappa shape index (κ2) is 4.62. The van der Waals surface area contributed by atoms with Crippen molar-refractivity contribution in [3.8, 4) is 0 Å². The minimum Gasteiger partial charge on any atom is -0.366 e. The third-order valence-electron chi connectivity index (χ3n) is 2.36. The van der Waals surface area contributed by atoms with Crippen molar-refractivity contribution < 1.29 is 0 Å². The molecule has 15 heavy (non-hydrogen) atoms. The zero-order valence-corrected chi connectivity index (χ0v) is 9.46. The van der Waals surface area contributed by atoms with Gasteiger partial charge in [-0.25, -0.2) is 9.97 Å². The maximum Gasteiger partial charge on any atom is 0.224 e. The van der Waals surface area contributed by atoms with E-state index in [1.807, 2.05) is 6.92 Å². The lowest BCUT2D eigenvalue weighted by Crippen LogP contribution is -2.03. The molecular weight excluding hydrogens is 210 g/mol. The lowest BCUT2D eigenvalue weighted by molar-refractivity contribution is 1.08. The normalized spacial score (nSPS) is 15.9. The Morgan fingerprint density at radius 1 is 1.60 bits per heavy atom. The third-order valence-corrected chi connectivity index (χ3v) is 2.54. The van der Waals surface area contributed by atoms with Gasteiger partial charge in [0.05, 0.1) is 0 Å². The van der Waals surface area contributed by atoms with Crippen molar-refractivity contribution in [2.75, 3.05) is 11.9 Å². The average molecular weight is 224 g/mol. The molecule has 1 aromatic heterocycles. The zero-order chi connectivity index (χ0) is 10.7. The van der Waals surface area contributed by atoms with Crippen LogP contribution in [0.2, 0.25) is 5.28 Å². The summed E-state index contributed by atoms with van der Waals surface area (Å²) in [7, 11) is 0. The number of rotatable bonds is 4. The number of hydrogen-bond donors (Lipinski definition) is 1. The van der Waals surface area contributed by atoms with Crippen LogP contribution in [-0.2, 0) is 0 Å². The summed E-state index contributed by atoms with van der Waals surface area (Å²) in [4.78, 5) is 8.02. The molecule has 3 nitrogen and oxygen atoms in total. The molecule has 0 saturated heterocycles. The highest BCUT2D eigenvalue weighted by Crippen LogP contribution is 2.29. The van der Waals surface area contributed by atoms with Gasteiger partial charge in [0.1, 0.15) is 5.82 Å². The largest absolute Gasteiger partial charge is 0.366 e. The molecule has 0 spiro atoms. The van der Waals surface area contributed by atoms with E-state index in [2.05, 4.69) is 27.4 Å². The van der Waals surface area contributed by atoms with Crippen molar-refractivity contribution in [3.63, 3.8) is 0 Å². The summed E-state index contributed by atoms with van der Waals surface area (Å²) in [5, 5.41) is 3.50. The molecule has 1 aromatic rings. The first kappa shape index (κ1) is 10.4. The first-order valence-electron chi connectivity index (χ1n) is 5.15. The summed E-state index contributed by atoms with van der Waals surface area (Å²) in [5.41, 5.74) is 1.01. The van der Waals surface area contributed by atoms with Gasteiger partial charge in [0.2, 0.25) is 5.28 Å². The van der Waals surface area contributed by atoms with E-state index in [0.717, 1.165) is 23.8 Å². The monoisotopic (exact) mass is 223 g/mol. The molecule has 0 amide bonds. The van der Waals surface area contributed by atoms with Gasteiger partial charge >= 0.3 is 0 Å². The van der Waals surface area contributed by atoms with Gasteiger partial charge in [-0.1, -0.05) is 12.2 Å². The summed E-state index contributed by atoms with van der Waals surface area (Å²) >= 11 is 5.71.